The SMILES string of the molecule is COC(=O)c1ccccc1/C=N\NC(=O)[C@H]1COc2ccccc2O1. The lowest BCUT2D eigenvalue weighted by Crippen LogP contribution is -2.42. The van der Waals surface area contributed by atoms with Gasteiger partial charge in [-0.3, -0.25) is 4.79 Å². The molecule has 7 nitrogen and oxygen atoms in total. The van der Waals surface area contributed by atoms with Gasteiger partial charge in [0.2, 0.25) is 6.10 Å². The minimum absolute atomic E-state index is 0.0944. The van der Waals surface area contributed by atoms with Crippen molar-refractivity contribution < 1.29 is 23.8 Å². The predicted octanol–water partition coefficient (Wildman–Crippen LogP) is 1.76. The quantitative estimate of drug-likeness (QED) is 0.521. The summed E-state index contributed by atoms with van der Waals surface area (Å²) in [4.78, 5) is 23.8. The first-order chi connectivity index (χ1) is 12.2. The number of nitrogens with zero attached hydrogens (tertiary/aromatic N) is 1. The van der Waals surface area contributed by atoms with E-state index in [9.17, 15) is 9.59 Å². The Hall–Kier alpha value is -3.35. The minimum Gasteiger partial charge on any atom is -0.485 e. The van der Waals surface area contributed by atoms with Gasteiger partial charge in [0.05, 0.1) is 18.9 Å². The molecule has 1 heterocycles. The van der Waals surface area contributed by atoms with Crippen molar-refractivity contribution in [3.63, 3.8) is 0 Å². The smallest absolute Gasteiger partial charge is 0.338 e. The van der Waals surface area contributed by atoms with Crippen LogP contribution in [0.3, 0.4) is 0 Å². The highest BCUT2D eigenvalue weighted by Gasteiger charge is 2.27. The van der Waals surface area contributed by atoms with Crippen LogP contribution in [0, 0.1) is 0 Å². The Balaban J connectivity index is 1.64. The summed E-state index contributed by atoms with van der Waals surface area (Å²) >= 11 is 0. The molecule has 0 unspecified atom stereocenters. The standard InChI is InChI=1S/C18H16N2O5/c1-23-18(22)13-7-3-2-6-12(13)10-19-20-17(21)16-11-24-14-8-4-5-9-15(14)25-16/h2-10,16H,11H2,1H3,(H,20,21)/b19-10-/t16-/m1/s1. The highest BCUT2D eigenvalue weighted by atomic mass is 16.6. The summed E-state index contributed by atoms with van der Waals surface area (Å²) in [6.07, 6.45) is 0.574. The van der Waals surface area contributed by atoms with Gasteiger partial charge in [0.25, 0.3) is 5.91 Å². The number of esters is 1. The summed E-state index contributed by atoms with van der Waals surface area (Å²) in [6.45, 7) is 0.0944. The van der Waals surface area contributed by atoms with Crippen LogP contribution in [0.15, 0.2) is 53.6 Å². The second-order valence-electron chi connectivity index (χ2n) is 5.18. The zero-order chi connectivity index (χ0) is 17.6. The Morgan fingerprint density at radius 1 is 1.16 bits per heavy atom. The highest BCUT2D eigenvalue weighted by molar-refractivity contribution is 5.99. The van der Waals surface area contributed by atoms with E-state index in [1.165, 1.54) is 13.3 Å². The Kier molecular flexibility index (Phi) is 4.94. The predicted molar refractivity (Wildman–Crippen MR) is 89.9 cm³/mol. The first-order valence-electron chi connectivity index (χ1n) is 7.58. The molecule has 7 heteroatoms. The van der Waals surface area contributed by atoms with Crippen LogP contribution in [0.4, 0.5) is 0 Å². The molecular weight excluding hydrogens is 324 g/mol. The van der Waals surface area contributed by atoms with Crippen molar-refractivity contribution in [3.8, 4) is 11.5 Å². The van der Waals surface area contributed by atoms with E-state index < -0.39 is 18.0 Å². The maximum atomic E-state index is 12.2. The van der Waals surface area contributed by atoms with Gasteiger partial charge in [0.15, 0.2) is 11.5 Å². The Labute approximate surface area is 144 Å². The number of hydrogen-bond donors (Lipinski definition) is 1. The Morgan fingerprint density at radius 2 is 1.88 bits per heavy atom. The number of carbonyl (C=O) groups excluding carboxylic acids is 2. The number of amides is 1. The topological polar surface area (TPSA) is 86.2 Å². The van der Waals surface area contributed by atoms with Crippen LogP contribution in [-0.2, 0) is 9.53 Å². The van der Waals surface area contributed by atoms with Crippen molar-refractivity contribution in [1.82, 2.24) is 5.43 Å². The lowest BCUT2D eigenvalue weighted by atomic mass is 10.1. The highest BCUT2D eigenvalue weighted by Crippen LogP contribution is 2.30. The van der Waals surface area contributed by atoms with Crippen LogP contribution in [0.25, 0.3) is 0 Å². The van der Waals surface area contributed by atoms with Crippen LogP contribution < -0.4 is 14.9 Å². The Morgan fingerprint density at radius 3 is 2.68 bits per heavy atom. The largest absolute Gasteiger partial charge is 0.485 e. The molecule has 0 saturated carbocycles. The summed E-state index contributed by atoms with van der Waals surface area (Å²) in [5.74, 6) is 0.186. The number of hydrazone groups is 1. The number of nitrogens with one attached hydrogen (secondary N) is 1. The van der Waals surface area contributed by atoms with E-state index in [1.54, 1.807) is 42.5 Å². The second-order valence-corrected chi connectivity index (χ2v) is 5.18. The third-order valence-corrected chi connectivity index (χ3v) is 3.55. The lowest BCUT2D eigenvalue weighted by molar-refractivity contribution is -0.130. The second kappa shape index (κ2) is 7.48. The summed E-state index contributed by atoms with van der Waals surface area (Å²) in [6, 6.07) is 13.9. The van der Waals surface area contributed by atoms with Gasteiger partial charge in [-0.25, -0.2) is 10.2 Å². The van der Waals surface area contributed by atoms with Gasteiger partial charge in [-0.05, 0) is 18.2 Å². The molecule has 0 aliphatic carbocycles. The van der Waals surface area contributed by atoms with Crippen molar-refractivity contribution in [2.75, 3.05) is 13.7 Å². The van der Waals surface area contributed by atoms with E-state index in [0.717, 1.165) is 0 Å². The van der Waals surface area contributed by atoms with E-state index in [0.29, 0.717) is 22.6 Å². The molecule has 1 aliphatic heterocycles. The Bertz CT molecular complexity index is 819. The van der Waals surface area contributed by atoms with Crippen molar-refractivity contribution in [1.29, 1.82) is 0 Å². The normalized spacial score (nSPS) is 15.6. The van der Waals surface area contributed by atoms with Crippen molar-refractivity contribution in [2.24, 2.45) is 5.10 Å². The van der Waals surface area contributed by atoms with E-state index in [1.807, 2.05) is 6.07 Å². The monoisotopic (exact) mass is 340 g/mol. The number of fused-ring (bicyclic) bond motifs is 1. The fourth-order valence-corrected chi connectivity index (χ4v) is 2.29. The molecule has 0 bridgehead atoms. The summed E-state index contributed by atoms with van der Waals surface area (Å²) in [7, 11) is 1.30. The van der Waals surface area contributed by atoms with Crippen LogP contribution in [0.5, 0.6) is 11.5 Å². The number of hydrogen-bond acceptors (Lipinski definition) is 6. The third kappa shape index (κ3) is 3.77. The van der Waals surface area contributed by atoms with Crippen molar-refractivity contribution in [3.05, 3.63) is 59.7 Å². The van der Waals surface area contributed by atoms with Crippen molar-refractivity contribution in [2.45, 2.75) is 6.10 Å². The zero-order valence-corrected chi connectivity index (χ0v) is 13.5. The van der Waals surface area contributed by atoms with E-state index in [2.05, 4.69) is 10.5 Å². The molecule has 2 aromatic carbocycles. The van der Waals surface area contributed by atoms with E-state index in [-0.39, 0.29) is 6.61 Å². The number of para-hydroxylation sites is 2. The van der Waals surface area contributed by atoms with E-state index in [4.69, 9.17) is 14.2 Å². The zero-order valence-electron chi connectivity index (χ0n) is 13.5. The van der Waals surface area contributed by atoms with Gasteiger partial charge in [-0.15, -0.1) is 0 Å². The molecule has 128 valence electrons. The van der Waals surface area contributed by atoms with Gasteiger partial charge in [0.1, 0.15) is 6.61 Å². The summed E-state index contributed by atoms with van der Waals surface area (Å²) in [5.41, 5.74) is 3.27. The summed E-state index contributed by atoms with van der Waals surface area (Å²) < 4.78 is 15.8. The molecule has 1 atom stereocenters. The fourth-order valence-electron chi connectivity index (χ4n) is 2.29. The molecular formula is C18H16N2O5. The molecule has 3 rings (SSSR count). The van der Waals surface area contributed by atoms with E-state index >= 15 is 0 Å². The first kappa shape index (κ1) is 16.5. The van der Waals surface area contributed by atoms with Crippen LogP contribution in [0.2, 0.25) is 0 Å². The van der Waals surface area contributed by atoms with Crippen LogP contribution in [0.1, 0.15) is 15.9 Å². The van der Waals surface area contributed by atoms with Crippen LogP contribution >= 0.6 is 0 Å². The first-order valence-corrected chi connectivity index (χ1v) is 7.58. The molecule has 2 aromatic rings. The van der Waals surface area contributed by atoms with Crippen LogP contribution in [-0.4, -0.2) is 37.9 Å². The molecule has 0 saturated heterocycles. The van der Waals surface area contributed by atoms with Crippen molar-refractivity contribution >= 4 is 18.1 Å². The van der Waals surface area contributed by atoms with Gasteiger partial charge in [-0.2, -0.15) is 5.10 Å². The number of methoxy groups -OCH3 is 1. The lowest BCUT2D eigenvalue weighted by Gasteiger charge is -2.24. The third-order valence-electron chi connectivity index (χ3n) is 3.55. The van der Waals surface area contributed by atoms with Gasteiger partial charge in [-0.1, -0.05) is 30.3 Å². The molecule has 1 aliphatic rings. The maximum absolute atomic E-state index is 12.2. The maximum Gasteiger partial charge on any atom is 0.338 e. The molecule has 0 aromatic heterocycles. The number of benzene rings is 2. The number of rotatable bonds is 4. The molecule has 1 N–H and O–H groups in total. The number of ether oxygens (including phenoxy) is 3. The molecule has 25 heavy (non-hydrogen) atoms. The molecule has 0 fully saturated rings. The van der Waals surface area contributed by atoms with Gasteiger partial charge in [0, 0.05) is 5.56 Å². The molecule has 0 spiro atoms. The number of carbonyl (C=O) groups is 2. The van der Waals surface area contributed by atoms with Gasteiger partial charge < -0.3 is 14.2 Å². The average molecular weight is 340 g/mol. The fraction of sp³-hybridized carbons (Fsp3) is 0.167. The molecule has 0 radical (unpaired) electrons. The summed E-state index contributed by atoms with van der Waals surface area (Å²) in [5, 5.41) is 3.88. The minimum atomic E-state index is -0.803. The molecule has 1 amide bonds. The van der Waals surface area contributed by atoms with Gasteiger partial charge >= 0.3 is 5.97 Å². The average Bonchev–Trinajstić information content (AvgIpc) is 2.67.